The molecule has 1 aromatic heterocycles. The molecule has 0 saturated heterocycles. The Morgan fingerprint density at radius 1 is 1.19 bits per heavy atom. The molecule has 2 aromatic rings. The van der Waals surface area contributed by atoms with Gasteiger partial charge in [-0.25, -0.2) is 4.68 Å². The quantitative estimate of drug-likeness (QED) is 0.426. The van der Waals surface area contributed by atoms with E-state index in [9.17, 15) is 0 Å². The topological polar surface area (TPSA) is 63.5 Å². The van der Waals surface area contributed by atoms with E-state index in [4.69, 9.17) is 4.74 Å². The van der Waals surface area contributed by atoms with Crippen LogP contribution in [-0.4, -0.2) is 42.0 Å². The molecule has 6 heteroatoms. The van der Waals surface area contributed by atoms with Crippen LogP contribution in [0.3, 0.4) is 0 Å². The number of rotatable bonds is 8. The summed E-state index contributed by atoms with van der Waals surface area (Å²) in [4.78, 5) is 4.29. The van der Waals surface area contributed by atoms with E-state index >= 15 is 0 Å². The van der Waals surface area contributed by atoms with Crippen molar-refractivity contribution in [1.29, 1.82) is 0 Å². The molecule has 0 atom stereocenters. The fraction of sp³-hybridized carbons (Fsp3) is 0.524. The zero-order valence-corrected chi connectivity index (χ0v) is 16.2. The van der Waals surface area contributed by atoms with Gasteiger partial charge < -0.3 is 15.4 Å². The zero-order chi connectivity index (χ0) is 18.7. The molecule has 0 aliphatic heterocycles. The predicted octanol–water partition coefficient (Wildman–Crippen LogP) is 3.28. The van der Waals surface area contributed by atoms with Crippen LogP contribution in [0.1, 0.15) is 44.1 Å². The normalized spacial score (nSPS) is 15.7. The van der Waals surface area contributed by atoms with Gasteiger partial charge in [0, 0.05) is 39.1 Å². The molecule has 0 radical (unpaired) electrons. The highest BCUT2D eigenvalue weighted by Gasteiger charge is 2.12. The van der Waals surface area contributed by atoms with Crippen LogP contribution in [0.25, 0.3) is 5.69 Å². The molecule has 1 heterocycles. The Bertz CT molecular complexity index is 675. The molecule has 0 amide bonds. The molecule has 27 heavy (non-hydrogen) atoms. The number of hydrogen-bond acceptors (Lipinski definition) is 3. The van der Waals surface area contributed by atoms with Crippen LogP contribution < -0.4 is 10.6 Å². The first-order chi connectivity index (χ1) is 13.3. The number of hydrogen-bond donors (Lipinski definition) is 2. The van der Waals surface area contributed by atoms with Crippen LogP contribution in [-0.2, 0) is 11.3 Å². The highest BCUT2D eigenvalue weighted by atomic mass is 16.5. The van der Waals surface area contributed by atoms with Crippen LogP contribution in [0, 0.1) is 0 Å². The number of guanidine groups is 1. The number of nitrogens with zero attached hydrogens (tertiary/aromatic N) is 3. The van der Waals surface area contributed by atoms with Crippen molar-refractivity contribution in [1.82, 2.24) is 20.4 Å². The van der Waals surface area contributed by atoms with E-state index in [0.717, 1.165) is 37.8 Å². The molecule has 1 saturated carbocycles. The second-order valence-corrected chi connectivity index (χ2v) is 6.95. The first-order valence-corrected chi connectivity index (χ1v) is 10.0. The van der Waals surface area contributed by atoms with Crippen molar-refractivity contribution in [3.05, 3.63) is 48.3 Å². The summed E-state index contributed by atoms with van der Waals surface area (Å²) in [6, 6.07) is 10.3. The van der Waals surface area contributed by atoms with Gasteiger partial charge >= 0.3 is 0 Å². The molecule has 1 aliphatic rings. The van der Waals surface area contributed by atoms with E-state index in [2.05, 4.69) is 45.0 Å². The minimum atomic E-state index is 0.487. The maximum Gasteiger partial charge on any atom is 0.191 e. The molecule has 0 spiro atoms. The minimum Gasteiger partial charge on any atom is -0.378 e. The van der Waals surface area contributed by atoms with Crippen LogP contribution in [0.4, 0.5) is 0 Å². The SMILES string of the molecule is CN=C(NCCCOC1CCCCC1)NCc1ccc(-n2cccn2)cc1. The van der Waals surface area contributed by atoms with Crippen molar-refractivity contribution in [3.63, 3.8) is 0 Å². The van der Waals surface area contributed by atoms with E-state index in [1.165, 1.54) is 37.7 Å². The molecule has 1 aliphatic carbocycles. The molecule has 0 unspecified atom stereocenters. The first kappa shape index (κ1) is 19.4. The second kappa shape index (κ2) is 10.7. The van der Waals surface area contributed by atoms with Gasteiger partial charge in [-0.3, -0.25) is 4.99 Å². The average Bonchev–Trinajstić information content (AvgIpc) is 3.26. The Kier molecular flexibility index (Phi) is 7.71. The average molecular weight is 370 g/mol. The smallest absolute Gasteiger partial charge is 0.191 e. The van der Waals surface area contributed by atoms with Crippen LogP contribution in [0.2, 0.25) is 0 Å². The van der Waals surface area contributed by atoms with Gasteiger partial charge in [0.2, 0.25) is 0 Å². The molecule has 1 fully saturated rings. The Balaban J connectivity index is 1.32. The van der Waals surface area contributed by atoms with Gasteiger partial charge in [0.15, 0.2) is 5.96 Å². The lowest BCUT2D eigenvalue weighted by Crippen LogP contribution is -2.37. The Morgan fingerprint density at radius 3 is 2.70 bits per heavy atom. The summed E-state index contributed by atoms with van der Waals surface area (Å²) in [6.07, 6.45) is 11.7. The van der Waals surface area contributed by atoms with Crippen molar-refractivity contribution in [2.75, 3.05) is 20.2 Å². The van der Waals surface area contributed by atoms with Gasteiger partial charge in [0.25, 0.3) is 0 Å². The summed E-state index contributed by atoms with van der Waals surface area (Å²) in [5.41, 5.74) is 2.26. The summed E-state index contributed by atoms with van der Waals surface area (Å²) >= 11 is 0. The molecular weight excluding hydrogens is 338 g/mol. The van der Waals surface area contributed by atoms with Crippen LogP contribution in [0.5, 0.6) is 0 Å². The van der Waals surface area contributed by atoms with Gasteiger partial charge in [0.1, 0.15) is 0 Å². The third-order valence-corrected chi connectivity index (χ3v) is 4.91. The van der Waals surface area contributed by atoms with Crippen molar-refractivity contribution < 1.29 is 4.74 Å². The number of benzene rings is 1. The fourth-order valence-electron chi connectivity index (χ4n) is 3.36. The Labute approximate surface area is 162 Å². The van der Waals surface area contributed by atoms with E-state index < -0.39 is 0 Å². The van der Waals surface area contributed by atoms with E-state index in [0.29, 0.717) is 6.10 Å². The maximum absolute atomic E-state index is 5.96. The summed E-state index contributed by atoms with van der Waals surface area (Å²) in [5.74, 6) is 0.823. The summed E-state index contributed by atoms with van der Waals surface area (Å²) in [6.45, 7) is 2.42. The predicted molar refractivity (Wildman–Crippen MR) is 109 cm³/mol. The first-order valence-electron chi connectivity index (χ1n) is 10.0. The van der Waals surface area contributed by atoms with Gasteiger partial charge in [-0.2, -0.15) is 5.10 Å². The van der Waals surface area contributed by atoms with Crippen LogP contribution >= 0.6 is 0 Å². The lowest BCUT2D eigenvalue weighted by atomic mass is 9.98. The van der Waals surface area contributed by atoms with Crippen molar-refractivity contribution in [3.8, 4) is 5.69 Å². The highest BCUT2D eigenvalue weighted by Crippen LogP contribution is 2.20. The number of aromatic nitrogens is 2. The third kappa shape index (κ3) is 6.40. The minimum absolute atomic E-state index is 0.487. The van der Waals surface area contributed by atoms with E-state index in [1.54, 1.807) is 13.2 Å². The van der Waals surface area contributed by atoms with Crippen molar-refractivity contribution >= 4 is 5.96 Å². The lowest BCUT2D eigenvalue weighted by molar-refractivity contribution is 0.0277. The molecule has 2 N–H and O–H groups in total. The summed E-state index contributed by atoms with van der Waals surface area (Å²) in [5, 5.41) is 11.0. The largest absolute Gasteiger partial charge is 0.378 e. The summed E-state index contributed by atoms with van der Waals surface area (Å²) in [7, 11) is 1.80. The monoisotopic (exact) mass is 369 g/mol. The zero-order valence-electron chi connectivity index (χ0n) is 16.2. The third-order valence-electron chi connectivity index (χ3n) is 4.91. The van der Waals surface area contributed by atoms with Crippen molar-refractivity contribution in [2.24, 2.45) is 4.99 Å². The van der Waals surface area contributed by atoms with Gasteiger partial charge in [-0.1, -0.05) is 31.4 Å². The summed E-state index contributed by atoms with van der Waals surface area (Å²) < 4.78 is 7.82. The van der Waals surface area contributed by atoms with Gasteiger partial charge in [-0.05, 0) is 43.0 Å². The van der Waals surface area contributed by atoms with Gasteiger partial charge in [-0.15, -0.1) is 0 Å². The fourth-order valence-corrected chi connectivity index (χ4v) is 3.36. The molecular formula is C21H31N5O. The molecule has 3 rings (SSSR count). The molecule has 1 aromatic carbocycles. The van der Waals surface area contributed by atoms with Crippen molar-refractivity contribution in [2.45, 2.75) is 51.2 Å². The Morgan fingerprint density at radius 2 is 2.00 bits per heavy atom. The number of aliphatic imine (C=N–C) groups is 1. The highest BCUT2D eigenvalue weighted by molar-refractivity contribution is 5.79. The molecule has 0 bridgehead atoms. The number of nitrogens with one attached hydrogen (secondary N) is 2. The molecule has 6 nitrogen and oxygen atoms in total. The second-order valence-electron chi connectivity index (χ2n) is 6.95. The van der Waals surface area contributed by atoms with Gasteiger partial charge in [0.05, 0.1) is 11.8 Å². The van der Waals surface area contributed by atoms with E-state index in [1.807, 2.05) is 16.9 Å². The number of ether oxygens (including phenoxy) is 1. The lowest BCUT2D eigenvalue weighted by Gasteiger charge is -2.22. The van der Waals surface area contributed by atoms with Crippen LogP contribution in [0.15, 0.2) is 47.7 Å². The van der Waals surface area contributed by atoms with E-state index in [-0.39, 0.29) is 0 Å². The maximum atomic E-state index is 5.96. The Hall–Kier alpha value is -2.34. The standard InChI is InChI=1S/C21H31N5O/c1-22-21(23-13-6-16-27-20-7-3-2-4-8-20)24-17-18-9-11-19(12-10-18)26-15-5-14-25-26/h5,9-12,14-15,20H,2-4,6-8,13,16-17H2,1H3,(H2,22,23,24). The molecule has 146 valence electrons.